The molecule has 1 heterocycles. The van der Waals surface area contributed by atoms with Gasteiger partial charge in [-0.25, -0.2) is 9.78 Å². The van der Waals surface area contributed by atoms with E-state index in [2.05, 4.69) is 49.2 Å². The Labute approximate surface area is 168 Å². The Kier molecular flexibility index (Phi) is 4.73. The van der Waals surface area contributed by atoms with E-state index in [-0.39, 0.29) is 5.41 Å². The number of aromatic carboxylic acids is 1. The van der Waals surface area contributed by atoms with Gasteiger partial charge in [0, 0.05) is 17.2 Å². The fourth-order valence-corrected chi connectivity index (χ4v) is 4.24. The molecule has 0 fully saturated rings. The normalized spacial score (nSPS) is 15.3. The summed E-state index contributed by atoms with van der Waals surface area (Å²) in [4.78, 5) is 15.5. The van der Waals surface area contributed by atoms with Crippen LogP contribution in [0.25, 0.3) is 17.7 Å². The van der Waals surface area contributed by atoms with Crippen molar-refractivity contribution in [3.05, 3.63) is 92.9 Å². The summed E-state index contributed by atoms with van der Waals surface area (Å²) >= 11 is 1.67. The first-order chi connectivity index (χ1) is 13.4. The molecule has 0 spiro atoms. The Balaban J connectivity index is 1.68. The van der Waals surface area contributed by atoms with Gasteiger partial charge in [0.05, 0.1) is 5.56 Å². The van der Waals surface area contributed by atoms with Crippen LogP contribution in [0.4, 0.5) is 0 Å². The van der Waals surface area contributed by atoms with Gasteiger partial charge >= 0.3 is 5.97 Å². The van der Waals surface area contributed by atoms with Crippen LogP contribution >= 0.6 is 11.3 Å². The number of carboxylic acids is 1. The number of aromatic nitrogens is 1. The van der Waals surface area contributed by atoms with Crippen molar-refractivity contribution < 1.29 is 9.90 Å². The highest BCUT2D eigenvalue weighted by molar-refractivity contribution is 7.10. The van der Waals surface area contributed by atoms with E-state index in [1.807, 2.05) is 29.8 Å². The van der Waals surface area contributed by atoms with Crippen LogP contribution in [-0.4, -0.2) is 16.1 Å². The van der Waals surface area contributed by atoms with Crippen molar-refractivity contribution in [2.75, 3.05) is 0 Å². The zero-order chi connectivity index (χ0) is 19.7. The first-order valence-corrected chi connectivity index (χ1v) is 10.1. The van der Waals surface area contributed by atoms with E-state index in [9.17, 15) is 4.79 Å². The van der Waals surface area contributed by atoms with Crippen molar-refractivity contribution in [1.82, 2.24) is 4.98 Å². The summed E-state index contributed by atoms with van der Waals surface area (Å²) in [5.74, 6) is -0.908. The molecule has 0 saturated carbocycles. The van der Waals surface area contributed by atoms with Crippen molar-refractivity contribution in [2.24, 2.45) is 0 Å². The van der Waals surface area contributed by atoms with Gasteiger partial charge in [-0.05, 0) is 52.3 Å². The predicted octanol–water partition coefficient (Wildman–Crippen LogP) is 6.12. The van der Waals surface area contributed by atoms with Crippen LogP contribution in [0, 0.1) is 0 Å². The van der Waals surface area contributed by atoms with E-state index in [0.29, 0.717) is 5.56 Å². The molecule has 0 saturated heterocycles. The van der Waals surface area contributed by atoms with Gasteiger partial charge < -0.3 is 5.11 Å². The van der Waals surface area contributed by atoms with Gasteiger partial charge in [-0.1, -0.05) is 56.3 Å². The summed E-state index contributed by atoms with van der Waals surface area (Å²) in [6.07, 6.45) is 9.23. The van der Waals surface area contributed by atoms with Gasteiger partial charge in [0.15, 0.2) is 0 Å². The molecule has 0 amide bonds. The lowest BCUT2D eigenvalue weighted by atomic mass is 9.73. The highest BCUT2D eigenvalue weighted by atomic mass is 32.1. The molecule has 4 rings (SSSR count). The van der Waals surface area contributed by atoms with E-state index < -0.39 is 5.97 Å². The average molecular weight is 388 g/mol. The molecule has 3 nitrogen and oxygen atoms in total. The van der Waals surface area contributed by atoms with Gasteiger partial charge in [-0.2, -0.15) is 0 Å². The van der Waals surface area contributed by atoms with Gasteiger partial charge in [0.2, 0.25) is 0 Å². The molecule has 1 aliphatic carbocycles. The molecule has 0 atom stereocenters. The number of allylic oxidation sites excluding steroid dienone is 1. The summed E-state index contributed by atoms with van der Waals surface area (Å²) in [6, 6.07) is 13.5. The maximum absolute atomic E-state index is 11.0. The maximum Gasteiger partial charge on any atom is 0.335 e. The standard InChI is InChI=1S/C24H21NO2S/c1-24(2)12-11-19(22-25-13-14-28-22)20-15-17(7-10-21(20)24)4-3-16-5-8-18(9-6-16)23(26)27/h3-11,13-15H,12H2,1-2H3,(H,26,27). The summed E-state index contributed by atoms with van der Waals surface area (Å²) in [7, 11) is 0. The monoisotopic (exact) mass is 387 g/mol. The minimum atomic E-state index is -0.908. The second kappa shape index (κ2) is 7.21. The van der Waals surface area contributed by atoms with E-state index in [1.54, 1.807) is 23.5 Å². The zero-order valence-corrected chi connectivity index (χ0v) is 16.7. The van der Waals surface area contributed by atoms with Crippen LogP contribution in [0.5, 0.6) is 0 Å². The third-order valence-corrected chi connectivity index (χ3v) is 5.97. The Hall–Kier alpha value is -2.98. The quantitative estimate of drug-likeness (QED) is 0.548. The number of hydrogen-bond donors (Lipinski definition) is 1. The highest BCUT2D eigenvalue weighted by Crippen LogP contribution is 2.42. The molecule has 1 aromatic heterocycles. The lowest BCUT2D eigenvalue weighted by Crippen LogP contribution is -2.21. The molecule has 0 aliphatic heterocycles. The smallest absolute Gasteiger partial charge is 0.335 e. The first kappa shape index (κ1) is 18.4. The van der Waals surface area contributed by atoms with E-state index in [0.717, 1.165) is 22.6 Å². The molecule has 0 radical (unpaired) electrons. The van der Waals surface area contributed by atoms with Crippen LogP contribution in [0.15, 0.2) is 60.1 Å². The number of hydrogen-bond acceptors (Lipinski definition) is 3. The number of carbonyl (C=O) groups is 1. The number of nitrogens with zero attached hydrogens (tertiary/aromatic N) is 1. The first-order valence-electron chi connectivity index (χ1n) is 9.20. The second-order valence-corrected chi connectivity index (χ2v) is 8.50. The van der Waals surface area contributed by atoms with Crippen molar-refractivity contribution in [2.45, 2.75) is 25.7 Å². The summed E-state index contributed by atoms with van der Waals surface area (Å²) in [5.41, 5.74) is 6.29. The Morgan fingerprint density at radius 1 is 1.11 bits per heavy atom. The largest absolute Gasteiger partial charge is 0.478 e. The van der Waals surface area contributed by atoms with Crippen LogP contribution in [0.3, 0.4) is 0 Å². The SMILES string of the molecule is CC1(C)CC=C(c2nccs2)c2cc(C=Cc3ccc(C(=O)O)cc3)ccc21. The molecule has 2 aromatic carbocycles. The maximum atomic E-state index is 11.0. The van der Waals surface area contributed by atoms with Crippen LogP contribution < -0.4 is 0 Å². The molecule has 1 N–H and O–H groups in total. The third-order valence-electron chi connectivity index (χ3n) is 5.17. The fourth-order valence-electron chi connectivity index (χ4n) is 3.54. The summed E-state index contributed by atoms with van der Waals surface area (Å²) < 4.78 is 0. The van der Waals surface area contributed by atoms with Crippen molar-refractivity contribution in [3.63, 3.8) is 0 Å². The molecular weight excluding hydrogens is 366 g/mol. The van der Waals surface area contributed by atoms with Crippen LogP contribution in [0.1, 0.15) is 57.9 Å². The third kappa shape index (κ3) is 3.56. The number of carboxylic acid groups (broad SMARTS) is 1. The zero-order valence-electron chi connectivity index (χ0n) is 15.8. The Morgan fingerprint density at radius 2 is 1.82 bits per heavy atom. The molecule has 28 heavy (non-hydrogen) atoms. The van der Waals surface area contributed by atoms with Gasteiger partial charge in [0.1, 0.15) is 5.01 Å². The molecule has 140 valence electrons. The molecular formula is C24H21NO2S. The molecule has 4 heteroatoms. The van der Waals surface area contributed by atoms with Crippen molar-refractivity contribution in [3.8, 4) is 0 Å². The minimum absolute atomic E-state index is 0.102. The van der Waals surface area contributed by atoms with E-state index >= 15 is 0 Å². The fraction of sp³-hybridized carbons (Fsp3) is 0.167. The Bertz CT molecular complexity index is 1070. The molecule has 0 bridgehead atoms. The molecule has 0 unspecified atom stereocenters. The van der Waals surface area contributed by atoms with Crippen molar-refractivity contribution >= 4 is 35.0 Å². The average Bonchev–Trinajstić information content (AvgIpc) is 3.21. The second-order valence-electron chi connectivity index (χ2n) is 7.61. The van der Waals surface area contributed by atoms with E-state index in [4.69, 9.17) is 5.11 Å². The topological polar surface area (TPSA) is 50.2 Å². The van der Waals surface area contributed by atoms with Crippen LogP contribution in [-0.2, 0) is 5.41 Å². The number of benzene rings is 2. The Morgan fingerprint density at radius 3 is 2.50 bits per heavy atom. The van der Waals surface area contributed by atoms with Gasteiger partial charge in [0.25, 0.3) is 0 Å². The predicted molar refractivity (Wildman–Crippen MR) is 116 cm³/mol. The van der Waals surface area contributed by atoms with Crippen molar-refractivity contribution in [1.29, 1.82) is 0 Å². The highest BCUT2D eigenvalue weighted by Gasteiger charge is 2.29. The summed E-state index contributed by atoms with van der Waals surface area (Å²) in [5, 5.41) is 12.1. The summed E-state index contributed by atoms with van der Waals surface area (Å²) in [6.45, 7) is 4.56. The lowest BCUT2D eigenvalue weighted by molar-refractivity contribution is 0.0697. The minimum Gasteiger partial charge on any atom is -0.478 e. The van der Waals surface area contributed by atoms with Gasteiger partial charge in [-0.15, -0.1) is 11.3 Å². The number of thiazole rings is 1. The molecule has 1 aliphatic rings. The van der Waals surface area contributed by atoms with Crippen LogP contribution in [0.2, 0.25) is 0 Å². The lowest BCUT2D eigenvalue weighted by Gasteiger charge is -2.31. The number of rotatable bonds is 4. The molecule has 3 aromatic rings. The van der Waals surface area contributed by atoms with E-state index in [1.165, 1.54) is 16.7 Å². The number of fused-ring (bicyclic) bond motifs is 1. The van der Waals surface area contributed by atoms with Gasteiger partial charge in [-0.3, -0.25) is 0 Å².